The van der Waals surface area contributed by atoms with Crippen LogP contribution >= 0.6 is 11.6 Å². The quantitative estimate of drug-likeness (QED) is 0.760. The average molecular weight is 304 g/mol. The first-order valence-corrected chi connectivity index (χ1v) is 7.75. The summed E-state index contributed by atoms with van der Waals surface area (Å²) in [5.41, 5.74) is 2.38. The van der Waals surface area contributed by atoms with Crippen molar-refractivity contribution in [3.63, 3.8) is 0 Å². The minimum atomic E-state index is 0.349. The highest BCUT2D eigenvalue weighted by Crippen LogP contribution is 2.30. The normalized spacial score (nSPS) is 12.2. The van der Waals surface area contributed by atoms with Gasteiger partial charge in [0.15, 0.2) is 0 Å². The number of hydrogen-bond acceptors (Lipinski definition) is 2. The third-order valence-corrected chi connectivity index (χ3v) is 3.71. The molecule has 2 nitrogen and oxygen atoms in total. The molecule has 1 unspecified atom stereocenters. The molecule has 0 saturated carbocycles. The zero-order chi connectivity index (χ0) is 15.2. The van der Waals surface area contributed by atoms with E-state index in [1.165, 1.54) is 5.56 Å². The van der Waals surface area contributed by atoms with Crippen molar-refractivity contribution in [1.82, 2.24) is 5.32 Å². The van der Waals surface area contributed by atoms with Crippen LogP contribution in [0.1, 0.15) is 37.4 Å². The molecule has 0 saturated heterocycles. The largest absolute Gasteiger partial charge is 0.456 e. The van der Waals surface area contributed by atoms with Gasteiger partial charge in [0.2, 0.25) is 0 Å². The Morgan fingerprint density at radius 2 is 1.86 bits per heavy atom. The number of halogens is 1. The smallest absolute Gasteiger partial charge is 0.146 e. The van der Waals surface area contributed by atoms with Crippen LogP contribution in [0, 0.1) is 6.92 Å². The van der Waals surface area contributed by atoms with Crippen LogP contribution in [0.5, 0.6) is 11.5 Å². The number of nitrogens with one attached hydrogen (secondary N) is 1. The summed E-state index contributed by atoms with van der Waals surface area (Å²) in [5.74, 6) is 1.50. The molecule has 0 heterocycles. The minimum Gasteiger partial charge on any atom is -0.456 e. The molecule has 0 aliphatic heterocycles. The Balaban J connectivity index is 2.07. The molecule has 1 N–H and O–H groups in total. The van der Waals surface area contributed by atoms with E-state index in [4.69, 9.17) is 16.3 Å². The van der Waals surface area contributed by atoms with Crippen molar-refractivity contribution in [2.45, 2.75) is 33.2 Å². The van der Waals surface area contributed by atoms with Crippen LogP contribution in [-0.4, -0.2) is 6.54 Å². The van der Waals surface area contributed by atoms with Gasteiger partial charge in [0, 0.05) is 6.04 Å². The fourth-order valence-electron chi connectivity index (χ4n) is 2.12. The van der Waals surface area contributed by atoms with E-state index < -0.39 is 0 Å². The van der Waals surface area contributed by atoms with Crippen molar-refractivity contribution in [2.75, 3.05) is 6.54 Å². The summed E-state index contributed by atoms with van der Waals surface area (Å²) in [5, 5.41) is 4.10. The Hall–Kier alpha value is -1.51. The topological polar surface area (TPSA) is 21.3 Å². The molecule has 0 bridgehead atoms. The van der Waals surface area contributed by atoms with Crippen LogP contribution in [0.25, 0.3) is 0 Å². The van der Waals surface area contributed by atoms with E-state index in [9.17, 15) is 0 Å². The zero-order valence-electron chi connectivity index (χ0n) is 12.8. The molecule has 112 valence electrons. The first kappa shape index (κ1) is 15.9. The molecule has 2 aromatic carbocycles. The fourth-order valence-corrected chi connectivity index (χ4v) is 2.28. The third kappa shape index (κ3) is 4.48. The van der Waals surface area contributed by atoms with Crippen molar-refractivity contribution in [1.29, 1.82) is 0 Å². The first-order valence-electron chi connectivity index (χ1n) is 7.37. The number of aryl methyl sites for hydroxylation is 1. The molecule has 1 atom stereocenters. The summed E-state index contributed by atoms with van der Waals surface area (Å²) < 4.78 is 5.85. The maximum Gasteiger partial charge on any atom is 0.146 e. The van der Waals surface area contributed by atoms with E-state index in [0.29, 0.717) is 16.8 Å². The summed E-state index contributed by atoms with van der Waals surface area (Å²) in [6.07, 6.45) is 1.14. The second-order valence-electron chi connectivity index (χ2n) is 5.28. The molecule has 0 spiro atoms. The van der Waals surface area contributed by atoms with Crippen LogP contribution in [0.15, 0.2) is 42.5 Å². The number of ether oxygens (including phenoxy) is 1. The highest BCUT2D eigenvalue weighted by atomic mass is 35.5. The Morgan fingerprint density at radius 1 is 1.14 bits per heavy atom. The van der Waals surface area contributed by atoms with E-state index in [1.807, 2.05) is 37.3 Å². The summed E-state index contributed by atoms with van der Waals surface area (Å²) in [7, 11) is 0. The van der Waals surface area contributed by atoms with Crippen LogP contribution in [0.3, 0.4) is 0 Å². The van der Waals surface area contributed by atoms with Crippen molar-refractivity contribution >= 4 is 11.6 Å². The van der Waals surface area contributed by atoms with Gasteiger partial charge in [-0.25, -0.2) is 0 Å². The van der Waals surface area contributed by atoms with Gasteiger partial charge in [0.1, 0.15) is 11.5 Å². The van der Waals surface area contributed by atoms with Gasteiger partial charge in [-0.15, -0.1) is 0 Å². The average Bonchev–Trinajstić information content (AvgIpc) is 2.49. The summed E-state index contributed by atoms with van der Waals surface area (Å²) in [4.78, 5) is 0. The second-order valence-corrected chi connectivity index (χ2v) is 5.69. The molecule has 0 aliphatic carbocycles. The number of hydrogen-bond donors (Lipinski definition) is 1. The molecular formula is C18H22ClNO. The maximum atomic E-state index is 6.15. The SMILES string of the molecule is CCCNC(C)c1ccc(Oc2cc(C)ccc2Cl)cc1. The summed E-state index contributed by atoms with van der Waals surface area (Å²) in [6.45, 7) is 7.39. The van der Waals surface area contributed by atoms with Gasteiger partial charge in [-0.05, 0) is 62.2 Å². The van der Waals surface area contributed by atoms with Crippen LogP contribution < -0.4 is 10.1 Å². The predicted octanol–water partition coefficient (Wildman–Crippen LogP) is 5.50. The third-order valence-electron chi connectivity index (χ3n) is 3.40. The highest BCUT2D eigenvalue weighted by Gasteiger charge is 2.06. The van der Waals surface area contributed by atoms with E-state index in [0.717, 1.165) is 24.3 Å². The lowest BCUT2D eigenvalue weighted by Gasteiger charge is -2.14. The standard InChI is InChI=1S/C18H22ClNO/c1-4-11-20-14(3)15-6-8-16(9-7-15)21-18-12-13(2)5-10-17(18)19/h5-10,12,14,20H,4,11H2,1-3H3. The van der Waals surface area contributed by atoms with Crippen LogP contribution in [0.4, 0.5) is 0 Å². The van der Waals surface area contributed by atoms with E-state index in [2.05, 4.69) is 31.3 Å². The Labute approximate surface area is 132 Å². The van der Waals surface area contributed by atoms with Gasteiger partial charge in [-0.3, -0.25) is 0 Å². The monoisotopic (exact) mass is 303 g/mol. The molecule has 21 heavy (non-hydrogen) atoms. The molecule has 0 radical (unpaired) electrons. The second kappa shape index (κ2) is 7.48. The van der Waals surface area contributed by atoms with Gasteiger partial charge in [0.25, 0.3) is 0 Å². The Bertz CT molecular complexity index is 580. The van der Waals surface area contributed by atoms with E-state index in [-0.39, 0.29) is 0 Å². The number of benzene rings is 2. The zero-order valence-corrected chi connectivity index (χ0v) is 13.6. The Morgan fingerprint density at radius 3 is 2.52 bits per heavy atom. The van der Waals surface area contributed by atoms with Crippen molar-refractivity contribution < 1.29 is 4.74 Å². The van der Waals surface area contributed by atoms with E-state index in [1.54, 1.807) is 0 Å². The van der Waals surface area contributed by atoms with Gasteiger partial charge in [0.05, 0.1) is 5.02 Å². The van der Waals surface area contributed by atoms with E-state index >= 15 is 0 Å². The fraction of sp³-hybridized carbons (Fsp3) is 0.333. The lowest BCUT2D eigenvalue weighted by atomic mass is 10.1. The maximum absolute atomic E-state index is 6.15. The Kier molecular flexibility index (Phi) is 5.66. The molecule has 0 aliphatic rings. The lowest BCUT2D eigenvalue weighted by molar-refractivity contribution is 0.481. The lowest BCUT2D eigenvalue weighted by Crippen LogP contribution is -2.19. The molecule has 0 fully saturated rings. The van der Waals surface area contributed by atoms with Crippen LogP contribution in [0.2, 0.25) is 5.02 Å². The molecule has 0 amide bonds. The summed E-state index contributed by atoms with van der Waals surface area (Å²) in [6, 6.07) is 14.3. The molecule has 2 rings (SSSR count). The van der Waals surface area contributed by atoms with Crippen molar-refractivity contribution in [3.8, 4) is 11.5 Å². The minimum absolute atomic E-state index is 0.349. The molecular weight excluding hydrogens is 282 g/mol. The van der Waals surface area contributed by atoms with Gasteiger partial charge in [-0.1, -0.05) is 36.7 Å². The van der Waals surface area contributed by atoms with Gasteiger partial charge < -0.3 is 10.1 Å². The highest BCUT2D eigenvalue weighted by molar-refractivity contribution is 6.32. The van der Waals surface area contributed by atoms with Crippen molar-refractivity contribution in [3.05, 3.63) is 58.6 Å². The van der Waals surface area contributed by atoms with Crippen LogP contribution in [-0.2, 0) is 0 Å². The summed E-state index contributed by atoms with van der Waals surface area (Å²) >= 11 is 6.15. The molecule has 2 aromatic rings. The van der Waals surface area contributed by atoms with Gasteiger partial charge >= 0.3 is 0 Å². The predicted molar refractivity (Wildman–Crippen MR) is 89.4 cm³/mol. The van der Waals surface area contributed by atoms with Crippen molar-refractivity contribution in [2.24, 2.45) is 0 Å². The molecule has 0 aromatic heterocycles. The number of rotatable bonds is 6. The molecule has 3 heteroatoms. The van der Waals surface area contributed by atoms with Gasteiger partial charge in [-0.2, -0.15) is 0 Å². The first-order chi connectivity index (χ1) is 10.1.